The summed E-state index contributed by atoms with van der Waals surface area (Å²) < 4.78 is 5.57. The van der Waals surface area contributed by atoms with Crippen molar-refractivity contribution in [2.45, 2.75) is 25.4 Å². The quantitative estimate of drug-likeness (QED) is 0.807. The summed E-state index contributed by atoms with van der Waals surface area (Å²) in [5, 5.41) is 0. The number of piperidine rings is 1. The lowest BCUT2D eigenvalue weighted by Crippen LogP contribution is -2.48. The average Bonchev–Trinajstić information content (AvgIpc) is 2.38. The molecule has 0 spiro atoms. The second-order valence-electron chi connectivity index (χ2n) is 5.29. The Hall–Kier alpha value is -1.75. The maximum absolute atomic E-state index is 11.6. The lowest BCUT2D eigenvalue weighted by molar-refractivity contribution is -0.00465. The van der Waals surface area contributed by atoms with Crippen molar-refractivity contribution in [1.82, 2.24) is 0 Å². The summed E-state index contributed by atoms with van der Waals surface area (Å²) in [7, 11) is 1.72. The van der Waals surface area contributed by atoms with Crippen LogP contribution in [0.25, 0.3) is 0 Å². The van der Waals surface area contributed by atoms with Gasteiger partial charge in [0, 0.05) is 20.2 Å². The minimum absolute atomic E-state index is 0.213. The third-order valence-electron chi connectivity index (χ3n) is 3.80. The Morgan fingerprint density at radius 1 is 1.47 bits per heavy atom. The molecule has 0 aliphatic carbocycles. The molecule has 0 radical (unpaired) electrons. The largest absolute Gasteiger partial charge is 0.397 e. The summed E-state index contributed by atoms with van der Waals surface area (Å²) in [5.74, 6) is -0.452. The predicted octanol–water partition coefficient (Wildman–Crippen LogP) is 1.37. The van der Waals surface area contributed by atoms with E-state index in [9.17, 15) is 4.79 Å². The molecule has 1 atom stereocenters. The van der Waals surface area contributed by atoms with Gasteiger partial charge in [-0.2, -0.15) is 0 Å². The molecule has 0 saturated carbocycles. The number of nitrogen functional groups attached to an aromatic ring is 1. The van der Waals surface area contributed by atoms with E-state index in [1.165, 1.54) is 0 Å². The topological polar surface area (TPSA) is 81.6 Å². The number of carbonyl (C=O) groups excluding carboxylic acids is 1. The maximum atomic E-state index is 11.6. The number of hydrogen-bond acceptors (Lipinski definition) is 4. The van der Waals surface area contributed by atoms with E-state index >= 15 is 0 Å². The van der Waals surface area contributed by atoms with Crippen LogP contribution in [-0.2, 0) is 4.74 Å². The molecule has 1 fully saturated rings. The second-order valence-corrected chi connectivity index (χ2v) is 5.29. The van der Waals surface area contributed by atoms with Crippen molar-refractivity contribution in [2.24, 2.45) is 5.73 Å². The molecule has 1 aliphatic heterocycles. The highest BCUT2D eigenvalue weighted by molar-refractivity contribution is 6.01. The van der Waals surface area contributed by atoms with Gasteiger partial charge in [-0.1, -0.05) is 6.07 Å². The van der Waals surface area contributed by atoms with E-state index in [2.05, 4.69) is 11.8 Å². The summed E-state index contributed by atoms with van der Waals surface area (Å²) in [6.07, 6.45) is 2.00. The first-order valence-electron chi connectivity index (χ1n) is 6.45. The zero-order valence-electron chi connectivity index (χ0n) is 11.5. The Bertz CT molecular complexity index is 490. The number of ether oxygens (including phenoxy) is 1. The van der Waals surface area contributed by atoms with Gasteiger partial charge in [0.2, 0.25) is 0 Å². The van der Waals surface area contributed by atoms with E-state index in [0.29, 0.717) is 17.8 Å². The highest BCUT2D eigenvalue weighted by atomic mass is 16.5. The summed E-state index contributed by atoms with van der Waals surface area (Å²) in [5.41, 5.74) is 13.0. The Labute approximate surface area is 113 Å². The molecule has 0 aromatic heterocycles. The first-order chi connectivity index (χ1) is 8.97. The lowest BCUT2D eigenvalue weighted by Gasteiger charge is -2.41. The van der Waals surface area contributed by atoms with Crippen molar-refractivity contribution in [3.05, 3.63) is 23.8 Å². The molecule has 0 bridgehead atoms. The second kappa shape index (κ2) is 5.09. The number of carbonyl (C=O) groups is 1. The number of primary amides is 1. The summed E-state index contributed by atoms with van der Waals surface area (Å²) in [6.45, 7) is 3.63. The van der Waals surface area contributed by atoms with Gasteiger partial charge in [0.05, 0.1) is 22.5 Å². The number of methoxy groups -OCH3 is 1. The Morgan fingerprint density at radius 2 is 2.21 bits per heavy atom. The molecule has 5 nitrogen and oxygen atoms in total. The molecule has 104 valence electrons. The molecular formula is C14H21N3O2. The minimum Gasteiger partial charge on any atom is -0.397 e. The summed E-state index contributed by atoms with van der Waals surface area (Å²) in [6, 6.07) is 5.26. The monoisotopic (exact) mass is 263 g/mol. The summed E-state index contributed by atoms with van der Waals surface area (Å²) in [4.78, 5) is 13.7. The van der Waals surface area contributed by atoms with Gasteiger partial charge in [-0.15, -0.1) is 0 Å². The lowest BCUT2D eigenvalue weighted by atomic mass is 9.93. The van der Waals surface area contributed by atoms with Crippen LogP contribution in [0.5, 0.6) is 0 Å². The van der Waals surface area contributed by atoms with Crippen LogP contribution in [0.2, 0.25) is 0 Å². The maximum Gasteiger partial charge on any atom is 0.250 e. The molecular weight excluding hydrogens is 242 g/mol. The molecule has 4 N–H and O–H groups in total. The van der Waals surface area contributed by atoms with Gasteiger partial charge in [0.1, 0.15) is 0 Å². The van der Waals surface area contributed by atoms with Crippen LogP contribution in [0.3, 0.4) is 0 Å². The Balaban J connectivity index is 2.38. The SMILES string of the molecule is COC1(C)CCCN(c2c(N)cccc2C(N)=O)C1. The first-order valence-corrected chi connectivity index (χ1v) is 6.45. The van der Waals surface area contributed by atoms with E-state index in [0.717, 1.165) is 25.1 Å². The van der Waals surface area contributed by atoms with Crippen LogP contribution < -0.4 is 16.4 Å². The van der Waals surface area contributed by atoms with Crippen molar-refractivity contribution in [1.29, 1.82) is 0 Å². The molecule has 1 saturated heterocycles. The fourth-order valence-corrected chi connectivity index (χ4v) is 2.68. The van der Waals surface area contributed by atoms with Gasteiger partial charge in [0.25, 0.3) is 5.91 Å². The van der Waals surface area contributed by atoms with Crippen LogP contribution in [0.15, 0.2) is 18.2 Å². The number of hydrogen-bond donors (Lipinski definition) is 2. The van der Waals surface area contributed by atoms with Crippen molar-refractivity contribution in [3.8, 4) is 0 Å². The highest BCUT2D eigenvalue weighted by Crippen LogP contribution is 2.33. The van der Waals surface area contributed by atoms with Gasteiger partial charge in [-0.3, -0.25) is 4.79 Å². The number of benzene rings is 1. The van der Waals surface area contributed by atoms with E-state index in [-0.39, 0.29) is 5.60 Å². The van der Waals surface area contributed by atoms with E-state index in [1.807, 2.05) is 0 Å². The summed E-state index contributed by atoms with van der Waals surface area (Å²) >= 11 is 0. The first kappa shape index (κ1) is 13.7. The van der Waals surface area contributed by atoms with Crippen LogP contribution >= 0.6 is 0 Å². The number of para-hydroxylation sites is 1. The molecule has 1 aromatic rings. The normalized spacial score (nSPS) is 23.4. The number of amides is 1. The van der Waals surface area contributed by atoms with Crippen molar-refractivity contribution in [3.63, 3.8) is 0 Å². The number of nitrogens with zero attached hydrogens (tertiary/aromatic N) is 1. The zero-order chi connectivity index (χ0) is 14.0. The van der Waals surface area contributed by atoms with Gasteiger partial charge in [-0.05, 0) is 31.9 Å². The molecule has 5 heteroatoms. The molecule has 1 heterocycles. The van der Waals surface area contributed by atoms with E-state index in [4.69, 9.17) is 16.2 Å². The van der Waals surface area contributed by atoms with Crippen molar-refractivity contribution < 1.29 is 9.53 Å². The Morgan fingerprint density at radius 3 is 2.84 bits per heavy atom. The number of anilines is 2. The van der Waals surface area contributed by atoms with E-state index in [1.54, 1.807) is 25.3 Å². The molecule has 1 aromatic carbocycles. The molecule has 1 aliphatic rings. The van der Waals surface area contributed by atoms with Crippen molar-refractivity contribution >= 4 is 17.3 Å². The smallest absolute Gasteiger partial charge is 0.250 e. The van der Waals surface area contributed by atoms with Crippen LogP contribution in [0, 0.1) is 0 Å². The van der Waals surface area contributed by atoms with Crippen LogP contribution in [0.1, 0.15) is 30.1 Å². The molecule has 1 unspecified atom stereocenters. The van der Waals surface area contributed by atoms with Gasteiger partial charge < -0.3 is 21.1 Å². The third kappa shape index (κ3) is 2.66. The molecule has 2 rings (SSSR count). The van der Waals surface area contributed by atoms with Crippen LogP contribution in [0.4, 0.5) is 11.4 Å². The van der Waals surface area contributed by atoms with Gasteiger partial charge in [-0.25, -0.2) is 0 Å². The Kier molecular flexibility index (Phi) is 3.66. The fraction of sp³-hybridized carbons (Fsp3) is 0.500. The van der Waals surface area contributed by atoms with Gasteiger partial charge in [0.15, 0.2) is 0 Å². The van der Waals surface area contributed by atoms with Gasteiger partial charge >= 0.3 is 0 Å². The average molecular weight is 263 g/mol. The highest BCUT2D eigenvalue weighted by Gasteiger charge is 2.32. The minimum atomic E-state index is -0.452. The fourth-order valence-electron chi connectivity index (χ4n) is 2.68. The third-order valence-corrected chi connectivity index (χ3v) is 3.80. The van der Waals surface area contributed by atoms with Crippen LogP contribution in [-0.4, -0.2) is 31.7 Å². The molecule has 19 heavy (non-hydrogen) atoms. The zero-order valence-corrected chi connectivity index (χ0v) is 11.5. The van der Waals surface area contributed by atoms with Crippen molar-refractivity contribution in [2.75, 3.05) is 30.8 Å². The number of nitrogens with two attached hydrogens (primary N) is 2. The van der Waals surface area contributed by atoms with E-state index < -0.39 is 5.91 Å². The number of rotatable bonds is 3. The molecule has 1 amide bonds. The predicted molar refractivity (Wildman–Crippen MR) is 76.2 cm³/mol. The standard InChI is InChI=1S/C14H21N3O2/c1-14(19-2)7-4-8-17(9-14)12-10(13(16)18)5-3-6-11(12)15/h3,5-6H,4,7-9,15H2,1-2H3,(H2,16,18).